The van der Waals surface area contributed by atoms with Crippen LogP contribution in [0.1, 0.15) is 24.9 Å². The molecule has 0 fully saturated rings. The van der Waals surface area contributed by atoms with Gasteiger partial charge in [0.15, 0.2) is 0 Å². The summed E-state index contributed by atoms with van der Waals surface area (Å²) in [6.45, 7) is 2.27. The molecule has 1 N–H and O–H groups in total. The van der Waals surface area contributed by atoms with Crippen LogP contribution in [0.2, 0.25) is 0 Å². The molecule has 0 saturated carbocycles. The fraction of sp³-hybridized carbons (Fsp3) is 0.235. The highest BCUT2D eigenvalue weighted by molar-refractivity contribution is 5.82. The third-order valence-corrected chi connectivity index (χ3v) is 3.70. The van der Waals surface area contributed by atoms with Gasteiger partial charge in [-0.25, -0.2) is 0 Å². The molecule has 3 rings (SSSR count). The predicted molar refractivity (Wildman–Crippen MR) is 85.1 cm³/mol. The van der Waals surface area contributed by atoms with Crippen LogP contribution in [0.3, 0.4) is 0 Å². The van der Waals surface area contributed by atoms with Gasteiger partial charge >= 0.3 is 0 Å². The van der Waals surface area contributed by atoms with Crippen molar-refractivity contribution in [2.75, 3.05) is 0 Å². The maximum absolute atomic E-state index is 12.3. The first-order chi connectivity index (χ1) is 10.8. The zero-order chi connectivity index (χ0) is 15.4. The van der Waals surface area contributed by atoms with E-state index >= 15 is 0 Å². The number of amides is 1. The lowest BCUT2D eigenvalue weighted by Gasteiger charge is -2.17. The molecule has 1 aromatic carbocycles. The van der Waals surface area contributed by atoms with Gasteiger partial charge in [-0.05, 0) is 30.2 Å². The molecule has 0 aliphatic carbocycles. The van der Waals surface area contributed by atoms with Crippen LogP contribution in [0.15, 0.2) is 55.0 Å². The van der Waals surface area contributed by atoms with Gasteiger partial charge in [0.25, 0.3) is 0 Å². The first-order valence-corrected chi connectivity index (χ1v) is 7.37. The van der Waals surface area contributed by atoms with E-state index in [1.165, 1.54) is 0 Å². The number of carbonyl (C=O) groups excluding carboxylic acids is 1. The molecule has 0 aliphatic heterocycles. The molecule has 1 atom stereocenters. The third-order valence-electron chi connectivity index (χ3n) is 3.70. The van der Waals surface area contributed by atoms with E-state index in [1.807, 2.05) is 36.4 Å². The summed E-state index contributed by atoms with van der Waals surface area (Å²) in [6.07, 6.45) is 6.09. The van der Waals surface area contributed by atoms with E-state index in [2.05, 4.69) is 22.3 Å². The number of fused-ring (bicyclic) bond motifs is 1. The summed E-state index contributed by atoms with van der Waals surface area (Å²) in [4.78, 5) is 16.3. The average molecular weight is 294 g/mol. The fourth-order valence-corrected chi connectivity index (χ4v) is 2.54. The number of pyridine rings is 1. The van der Waals surface area contributed by atoms with Gasteiger partial charge in [0.1, 0.15) is 6.54 Å². The van der Waals surface area contributed by atoms with Crippen molar-refractivity contribution in [3.63, 3.8) is 0 Å². The van der Waals surface area contributed by atoms with Crippen molar-refractivity contribution in [3.8, 4) is 0 Å². The molecule has 0 saturated heterocycles. The highest BCUT2D eigenvalue weighted by atomic mass is 16.2. The Hall–Kier alpha value is -2.69. The zero-order valence-corrected chi connectivity index (χ0v) is 12.4. The summed E-state index contributed by atoms with van der Waals surface area (Å²) in [5.74, 6) is -0.0440. The highest BCUT2D eigenvalue weighted by Gasteiger charge is 2.14. The number of carbonyl (C=O) groups is 1. The van der Waals surface area contributed by atoms with E-state index < -0.39 is 0 Å². The van der Waals surface area contributed by atoms with Crippen LogP contribution in [0.5, 0.6) is 0 Å². The largest absolute Gasteiger partial charge is 0.348 e. The lowest BCUT2D eigenvalue weighted by molar-refractivity contribution is -0.122. The maximum Gasteiger partial charge on any atom is 0.242 e. The summed E-state index contributed by atoms with van der Waals surface area (Å²) in [7, 11) is 0. The van der Waals surface area contributed by atoms with Crippen molar-refractivity contribution >= 4 is 16.8 Å². The standard InChI is InChI=1S/C17H18N4O/c1-2-15(13-7-9-18-10-8-13)20-17(22)12-21-16-6-4-3-5-14(16)11-19-21/h3-11,15H,2,12H2,1H3,(H,20,22)/t15-/m0/s1. The topological polar surface area (TPSA) is 59.8 Å². The number of benzene rings is 1. The van der Waals surface area contributed by atoms with Crippen LogP contribution < -0.4 is 5.32 Å². The minimum absolute atomic E-state index is 0.00248. The molecule has 0 unspecified atom stereocenters. The van der Waals surface area contributed by atoms with Crippen LogP contribution in [0.4, 0.5) is 0 Å². The summed E-state index contributed by atoms with van der Waals surface area (Å²) in [5.41, 5.74) is 2.03. The van der Waals surface area contributed by atoms with Crippen molar-refractivity contribution in [1.82, 2.24) is 20.1 Å². The van der Waals surface area contributed by atoms with Crippen LogP contribution in [0, 0.1) is 0 Å². The average Bonchev–Trinajstić information content (AvgIpc) is 2.96. The van der Waals surface area contributed by atoms with Gasteiger partial charge in [0.05, 0.1) is 17.8 Å². The van der Waals surface area contributed by atoms with Crippen molar-refractivity contribution in [1.29, 1.82) is 0 Å². The maximum atomic E-state index is 12.3. The number of nitrogens with zero attached hydrogens (tertiary/aromatic N) is 3. The molecule has 3 aromatic rings. The minimum atomic E-state index is -0.0440. The normalized spacial score (nSPS) is 12.2. The molecule has 0 bridgehead atoms. The quantitative estimate of drug-likeness (QED) is 0.787. The third kappa shape index (κ3) is 2.98. The van der Waals surface area contributed by atoms with Crippen molar-refractivity contribution in [2.24, 2.45) is 0 Å². The molecule has 5 heteroatoms. The number of nitrogens with one attached hydrogen (secondary N) is 1. The van der Waals surface area contributed by atoms with Crippen molar-refractivity contribution in [2.45, 2.75) is 25.9 Å². The van der Waals surface area contributed by atoms with Gasteiger partial charge in [0.2, 0.25) is 5.91 Å². The lowest BCUT2D eigenvalue weighted by atomic mass is 10.1. The molecule has 0 aliphatic rings. The molecule has 0 radical (unpaired) electrons. The van der Waals surface area contributed by atoms with Gasteiger partial charge in [-0.15, -0.1) is 0 Å². The zero-order valence-electron chi connectivity index (χ0n) is 12.4. The second-order valence-corrected chi connectivity index (χ2v) is 5.17. The smallest absolute Gasteiger partial charge is 0.242 e. The molecule has 22 heavy (non-hydrogen) atoms. The van der Waals surface area contributed by atoms with Crippen molar-refractivity contribution in [3.05, 3.63) is 60.6 Å². The Morgan fingerprint density at radius 1 is 1.23 bits per heavy atom. The monoisotopic (exact) mass is 294 g/mol. The summed E-state index contributed by atoms with van der Waals surface area (Å²) < 4.78 is 1.73. The molecular weight excluding hydrogens is 276 g/mol. The van der Waals surface area contributed by atoms with Gasteiger partial charge in [0, 0.05) is 17.8 Å². The molecule has 0 spiro atoms. The molecule has 112 valence electrons. The highest BCUT2D eigenvalue weighted by Crippen LogP contribution is 2.16. The molecule has 1 amide bonds. The number of rotatable bonds is 5. The van der Waals surface area contributed by atoms with Gasteiger partial charge in [-0.3, -0.25) is 14.5 Å². The Kier molecular flexibility index (Phi) is 4.14. The number of hydrogen-bond acceptors (Lipinski definition) is 3. The summed E-state index contributed by atoms with van der Waals surface area (Å²) in [6, 6.07) is 11.7. The number of aromatic nitrogens is 3. The van der Waals surface area contributed by atoms with Crippen LogP contribution in [-0.4, -0.2) is 20.7 Å². The Balaban J connectivity index is 1.72. The van der Waals surface area contributed by atoms with E-state index in [4.69, 9.17) is 0 Å². The second-order valence-electron chi connectivity index (χ2n) is 5.17. The minimum Gasteiger partial charge on any atom is -0.348 e. The van der Waals surface area contributed by atoms with Crippen LogP contribution in [-0.2, 0) is 11.3 Å². The molecule has 2 heterocycles. The second kappa shape index (κ2) is 6.39. The SMILES string of the molecule is CC[C@H](NC(=O)Cn1ncc2ccccc21)c1ccncc1. The summed E-state index contributed by atoms with van der Waals surface area (Å²) >= 11 is 0. The Morgan fingerprint density at radius 2 is 2.00 bits per heavy atom. The van der Waals surface area contributed by atoms with Gasteiger partial charge < -0.3 is 5.32 Å². The molecule has 2 aromatic heterocycles. The first kappa shape index (κ1) is 14.3. The molecule has 5 nitrogen and oxygen atoms in total. The van der Waals surface area contributed by atoms with E-state index in [1.54, 1.807) is 23.3 Å². The Morgan fingerprint density at radius 3 is 2.77 bits per heavy atom. The Labute approximate surface area is 129 Å². The van der Waals surface area contributed by atoms with E-state index in [0.717, 1.165) is 22.9 Å². The predicted octanol–water partition coefficient (Wildman–Crippen LogP) is 2.70. The lowest BCUT2D eigenvalue weighted by Crippen LogP contribution is -2.31. The Bertz CT molecular complexity index is 766. The van der Waals surface area contributed by atoms with Gasteiger partial charge in [-0.2, -0.15) is 5.10 Å². The van der Waals surface area contributed by atoms with Crippen LogP contribution >= 0.6 is 0 Å². The van der Waals surface area contributed by atoms with E-state index in [9.17, 15) is 4.79 Å². The van der Waals surface area contributed by atoms with Crippen LogP contribution in [0.25, 0.3) is 10.9 Å². The first-order valence-electron chi connectivity index (χ1n) is 7.37. The van der Waals surface area contributed by atoms with E-state index in [-0.39, 0.29) is 18.5 Å². The van der Waals surface area contributed by atoms with Gasteiger partial charge in [-0.1, -0.05) is 25.1 Å². The number of hydrogen-bond donors (Lipinski definition) is 1. The van der Waals surface area contributed by atoms with E-state index in [0.29, 0.717) is 0 Å². The number of para-hydroxylation sites is 1. The molecular formula is C17H18N4O. The summed E-state index contributed by atoms with van der Waals surface area (Å²) in [5, 5.41) is 8.38. The fourth-order valence-electron chi connectivity index (χ4n) is 2.54. The van der Waals surface area contributed by atoms with Crippen molar-refractivity contribution < 1.29 is 4.79 Å².